The Morgan fingerprint density at radius 3 is 2.59 bits per heavy atom. The highest BCUT2D eigenvalue weighted by Crippen LogP contribution is 2.58. The monoisotopic (exact) mass is 450 g/mol. The van der Waals surface area contributed by atoms with Gasteiger partial charge in [0.15, 0.2) is 0 Å². The second kappa shape index (κ2) is 6.72. The van der Waals surface area contributed by atoms with Crippen LogP contribution in [0.3, 0.4) is 0 Å². The molecule has 2 aliphatic rings. The maximum Gasteiger partial charge on any atom is 0.324 e. The van der Waals surface area contributed by atoms with Crippen LogP contribution in [0, 0.1) is 10.1 Å². The zero-order chi connectivity index (χ0) is 22.8. The molecule has 1 amide bonds. The molecule has 0 saturated carbocycles. The molecule has 1 aromatic heterocycles. The van der Waals surface area contributed by atoms with Crippen molar-refractivity contribution < 1.29 is 24.4 Å². The van der Waals surface area contributed by atoms with Crippen molar-refractivity contribution in [3.05, 3.63) is 91.8 Å². The van der Waals surface area contributed by atoms with Crippen LogP contribution in [-0.4, -0.2) is 21.7 Å². The Kier molecular flexibility index (Phi) is 4.27. The van der Waals surface area contributed by atoms with Crippen molar-refractivity contribution in [2.24, 2.45) is 0 Å². The van der Waals surface area contributed by atoms with Crippen LogP contribution >= 0.6 is 11.3 Å². The number of amides is 1. The lowest BCUT2D eigenvalue weighted by molar-refractivity contribution is -0.380. The van der Waals surface area contributed by atoms with Gasteiger partial charge in [0.05, 0.1) is 9.80 Å². The van der Waals surface area contributed by atoms with Gasteiger partial charge in [-0.05, 0) is 23.6 Å². The Bertz CT molecular complexity index is 1320. The molecular formula is C23H18N2O6S. The molecule has 0 radical (unpaired) electrons. The maximum atomic E-state index is 13.7. The van der Waals surface area contributed by atoms with Gasteiger partial charge in [0.25, 0.3) is 11.7 Å². The standard InChI is InChI=1S/C23H18N2O6S/c1-12(2)13-7-8-16-17(11-13)31-23(28)15-6-4-3-5-14(15)20(26)22(16,23)24-21(27)18-9-10-19(32-18)25(29)30/h3-12,28H,1-2H3,(H,24,27). The zero-order valence-electron chi connectivity index (χ0n) is 17.1. The van der Waals surface area contributed by atoms with Crippen LogP contribution in [0.1, 0.15) is 56.5 Å². The van der Waals surface area contributed by atoms with E-state index in [9.17, 15) is 24.8 Å². The van der Waals surface area contributed by atoms with Gasteiger partial charge in [0.1, 0.15) is 5.75 Å². The van der Waals surface area contributed by atoms with Crippen molar-refractivity contribution in [1.82, 2.24) is 5.32 Å². The normalized spacial score (nSPS) is 22.8. The average molecular weight is 450 g/mol. The maximum absolute atomic E-state index is 13.7. The van der Waals surface area contributed by atoms with Crippen LogP contribution in [0.25, 0.3) is 0 Å². The third kappa shape index (κ3) is 2.52. The molecule has 162 valence electrons. The van der Waals surface area contributed by atoms with E-state index in [0.29, 0.717) is 22.6 Å². The summed E-state index contributed by atoms with van der Waals surface area (Å²) >= 11 is 0.690. The van der Waals surface area contributed by atoms with Crippen LogP contribution in [0.2, 0.25) is 0 Å². The molecule has 1 aliphatic heterocycles. The second-order valence-corrected chi connectivity index (χ2v) is 9.19. The molecule has 3 aromatic rings. The van der Waals surface area contributed by atoms with Gasteiger partial charge in [0, 0.05) is 22.8 Å². The number of carbonyl (C=O) groups excluding carboxylic acids is 2. The summed E-state index contributed by atoms with van der Waals surface area (Å²) in [5, 5.41) is 25.3. The molecule has 1 aliphatic carbocycles. The molecule has 2 N–H and O–H groups in total. The molecular weight excluding hydrogens is 432 g/mol. The van der Waals surface area contributed by atoms with Crippen LogP contribution in [0.15, 0.2) is 54.6 Å². The van der Waals surface area contributed by atoms with Gasteiger partial charge in [0.2, 0.25) is 11.3 Å². The number of nitro groups is 1. The van der Waals surface area contributed by atoms with Crippen molar-refractivity contribution in [3.8, 4) is 5.75 Å². The van der Waals surface area contributed by atoms with Gasteiger partial charge in [-0.25, -0.2) is 0 Å². The number of ketones is 1. The SMILES string of the molecule is CC(C)c1ccc2c(c1)OC1(O)c3ccccc3C(=O)C21NC(=O)c1ccc([N+](=O)[O-])s1. The van der Waals surface area contributed by atoms with Gasteiger partial charge < -0.3 is 15.2 Å². The van der Waals surface area contributed by atoms with Crippen LogP contribution in [0.5, 0.6) is 5.75 Å². The summed E-state index contributed by atoms with van der Waals surface area (Å²) in [5.74, 6) is -2.89. The van der Waals surface area contributed by atoms with Crippen LogP contribution in [0.4, 0.5) is 5.00 Å². The van der Waals surface area contributed by atoms with E-state index in [1.54, 1.807) is 36.4 Å². The number of nitrogens with one attached hydrogen (secondary N) is 1. The molecule has 2 aromatic carbocycles. The summed E-state index contributed by atoms with van der Waals surface area (Å²) in [5.41, 5.74) is -0.138. The summed E-state index contributed by atoms with van der Waals surface area (Å²) in [6, 6.07) is 14.3. The largest absolute Gasteiger partial charge is 0.454 e. The van der Waals surface area contributed by atoms with Gasteiger partial charge in [-0.2, -0.15) is 0 Å². The summed E-state index contributed by atoms with van der Waals surface area (Å²) in [7, 11) is 0. The topological polar surface area (TPSA) is 119 Å². The Hall–Kier alpha value is -3.56. The van der Waals surface area contributed by atoms with Crippen molar-refractivity contribution in [1.29, 1.82) is 0 Å². The number of benzene rings is 2. The zero-order valence-corrected chi connectivity index (χ0v) is 17.9. The Labute approximate surface area is 186 Å². The predicted molar refractivity (Wildman–Crippen MR) is 116 cm³/mol. The summed E-state index contributed by atoms with van der Waals surface area (Å²) in [4.78, 5) is 37.4. The van der Waals surface area contributed by atoms with Crippen LogP contribution in [-0.2, 0) is 11.3 Å². The number of Topliss-reactive ketones (excluding diaryl/α,β-unsaturated/α-hetero) is 1. The minimum Gasteiger partial charge on any atom is -0.454 e. The van der Waals surface area contributed by atoms with E-state index in [1.807, 2.05) is 19.9 Å². The number of hydrogen-bond donors (Lipinski definition) is 2. The molecule has 2 atom stereocenters. The van der Waals surface area contributed by atoms with E-state index in [2.05, 4.69) is 5.32 Å². The number of hydrogen-bond acceptors (Lipinski definition) is 7. The molecule has 5 rings (SSSR count). The van der Waals surface area contributed by atoms with Gasteiger partial charge in [-0.15, -0.1) is 0 Å². The van der Waals surface area contributed by atoms with E-state index in [0.717, 1.165) is 5.56 Å². The number of ether oxygens (including phenoxy) is 1. The number of fused-ring (bicyclic) bond motifs is 5. The van der Waals surface area contributed by atoms with E-state index in [-0.39, 0.29) is 26.9 Å². The minimum absolute atomic E-state index is 0.0458. The highest BCUT2D eigenvalue weighted by atomic mass is 32.1. The first kappa shape index (κ1) is 20.3. The quantitative estimate of drug-likeness (QED) is 0.461. The third-order valence-electron chi connectivity index (χ3n) is 6.02. The minimum atomic E-state index is -2.16. The molecule has 0 spiro atoms. The molecule has 8 nitrogen and oxygen atoms in total. The van der Waals surface area contributed by atoms with Crippen molar-refractivity contribution in [2.75, 3.05) is 0 Å². The molecule has 2 unspecified atom stereocenters. The average Bonchev–Trinajstić information content (AvgIpc) is 3.40. The third-order valence-corrected chi connectivity index (χ3v) is 7.05. The number of carbonyl (C=O) groups is 2. The van der Waals surface area contributed by atoms with Gasteiger partial charge in [-0.1, -0.05) is 61.6 Å². The predicted octanol–water partition coefficient (Wildman–Crippen LogP) is 3.84. The molecule has 0 fully saturated rings. The Morgan fingerprint density at radius 1 is 1.16 bits per heavy atom. The van der Waals surface area contributed by atoms with Crippen molar-refractivity contribution in [2.45, 2.75) is 31.1 Å². The Morgan fingerprint density at radius 2 is 1.91 bits per heavy atom. The lowest BCUT2D eigenvalue weighted by Gasteiger charge is -2.34. The summed E-state index contributed by atoms with van der Waals surface area (Å²) < 4.78 is 6.00. The van der Waals surface area contributed by atoms with Crippen LogP contribution < -0.4 is 10.1 Å². The lowest BCUT2D eigenvalue weighted by Crippen LogP contribution is -2.60. The number of aliphatic hydroxyl groups is 1. The van der Waals surface area contributed by atoms with E-state index >= 15 is 0 Å². The summed E-state index contributed by atoms with van der Waals surface area (Å²) in [6.07, 6.45) is 0. The fraction of sp³-hybridized carbons (Fsp3) is 0.217. The van der Waals surface area contributed by atoms with Gasteiger partial charge >= 0.3 is 5.00 Å². The fourth-order valence-corrected chi connectivity index (χ4v) is 5.13. The second-order valence-electron chi connectivity index (χ2n) is 8.13. The number of nitrogens with zero attached hydrogens (tertiary/aromatic N) is 1. The van der Waals surface area contributed by atoms with E-state index in [4.69, 9.17) is 4.74 Å². The highest BCUT2D eigenvalue weighted by Gasteiger charge is 2.71. The van der Waals surface area contributed by atoms with E-state index in [1.165, 1.54) is 12.1 Å². The Balaban J connectivity index is 1.68. The van der Waals surface area contributed by atoms with E-state index < -0.39 is 27.9 Å². The molecule has 0 saturated heterocycles. The fourth-order valence-electron chi connectivity index (χ4n) is 4.41. The molecule has 32 heavy (non-hydrogen) atoms. The molecule has 2 heterocycles. The first-order valence-electron chi connectivity index (χ1n) is 9.96. The number of rotatable bonds is 4. The summed E-state index contributed by atoms with van der Waals surface area (Å²) in [6.45, 7) is 4.02. The highest BCUT2D eigenvalue weighted by molar-refractivity contribution is 7.17. The molecule has 9 heteroatoms. The number of thiophene rings is 1. The first-order chi connectivity index (χ1) is 15.2. The van der Waals surface area contributed by atoms with Crippen molar-refractivity contribution in [3.63, 3.8) is 0 Å². The lowest BCUT2D eigenvalue weighted by atomic mass is 9.82. The van der Waals surface area contributed by atoms with Crippen molar-refractivity contribution >= 4 is 28.0 Å². The smallest absolute Gasteiger partial charge is 0.324 e. The molecule has 0 bridgehead atoms. The van der Waals surface area contributed by atoms with Gasteiger partial charge in [-0.3, -0.25) is 19.7 Å². The first-order valence-corrected chi connectivity index (χ1v) is 10.8.